The van der Waals surface area contributed by atoms with Crippen LogP contribution in [0.25, 0.3) is 0 Å². The monoisotopic (exact) mass is 464 g/mol. The Kier molecular flexibility index (Phi) is 15.3. The van der Waals surface area contributed by atoms with Crippen molar-refractivity contribution in [3.8, 4) is 0 Å². The van der Waals surface area contributed by atoms with Gasteiger partial charge in [0.1, 0.15) is 0 Å². The number of rotatable bonds is 0. The Balaban J connectivity index is -0.000000108. The first kappa shape index (κ1) is 29.7. The van der Waals surface area contributed by atoms with Crippen LogP contribution in [0.1, 0.15) is 62.3 Å². The minimum Gasteiger partial charge on any atom is -0.481 e. The molecule has 0 heterocycles. The zero-order chi connectivity index (χ0) is 18.2. The molecule has 0 aliphatic heterocycles. The largest absolute Gasteiger partial charge is 0.481 e. The van der Waals surface area contributed by atoms with Gasteiger partial charge in [-0.2, -0.15) is 0 Å². The normalized spacial score (nSPS) is 10.8. The Bertz CT molecular complexity index is 299. The van der Waals surface area contributed by atoms with Gasteiger partial charge in [-0.1, -0.05) is 0 Å². The molecule has 0 aromatic rings. The molecular weight excluding hydrogens is 433 g/mol. The Hall–Kier alpha value is -0.265. The molecule has 0 rings (SSSR count). The topological polar surface area (TPSA) is 112 Å². The number of aliphatic carboxylic acids is 3. The Morgan fingerprint density at radius 2 is 0.545 bits per heavy atom. The van der Waals surface area contributed by atoms with E-state index in [-0.39, 0.29) is 39.9 Å². The third-order valence-corrected chi connectivity index (χ3v) is 1.92. The van der Waals surface area contributed by atoms with Gasteiger partial charge in [0, 0.05) is 39.9 Å². The molecule has 0 saturated heterocycles. The SMILES string of the molecule is CC(C)(C)C(=O)O.CC(C)(C)C(=O)O.CC(C)(C)C(=O)O.[Gd]. The Morgan fingerprint density at radius 1 is 0.500 bits per heavy atom. The quantitative estimate of drug-likeness (QED) is 0.508. The summed E-state index contributed by atoms with van der Waals surface area (Å²) in [5.41, 5.74) is -1.75. The van der Waals surface area contributed by atoms with E-state index in [0.717, 1.165) is 0 Å². The average Bonchev–Trinajstić information content (AvgIpc) is 2.14. The number of hydrogen-bond acceptors (Lipinski definition) is 3. The summed E-state index contributed by atoms with van der Waals surface area (Å²) < 4.78 is 0. The van der Waals surface area contributed by atoms with E-state index in [9.17, 15) is 14.4 Å². The van der Waals surface area contributed by atoms with Crippen LogP contribution in [0.2, 0.25) is 0 Å². The molecule has 0 aromatic heterocycles. The Morgan fingerprint density at radius 3 is 0.545 bits per heavy atom. The fraction of sp³-hybridized carbons (Fsp3) is 0.800. The summed E-state index contributed by atoms with van der Waals surface area (Å²) >= 11 is 0. The zero-order valence-corrected chi connectivity index (χ0v) is 17.2. The first-order valence-corrected chi connectivity index (χ1v) is 6.53. The molecule has 0 radical (unpaired) electrons. The van der Waals surface area contributed by atoms with Gasteiger partial charge in [-0.3, -0.25) is 14.4 Å². The predicted molar refractivity (Wildman–Crippen MR) is 81.3 cm³/mol. The van der Waals surface area contributed by atoms with Crippen LogP contribution >= 0.6 is 0 Å². The van der Waals surface area contributed by atoms with E-state index in [1.807, 2.05) is 0 Å². The summed E-state index contributed by atoms with van der Waals surface area (Å²) in [6.07, 6.45) is 0. The summed E-state index contributed by atoms with van der Waals surface area (Å²) in [6.45, 7) is 15.0. The molecule has 0 bridgehead atoms. The van der Waals surface area contributed by atoms with Crippen molar-refractivity contribution in [3.63, 3.8) is 0 Å². The van der Waals surface area contributed by atoms with Gasteiger partial charge in [0.25, 0.3) is 0 Å². The standard InChI is InChI=1S/3C5H10O2.Gd/c3*1-5(2,3)4(6)7;/h3*1-3H3,(H,6,7);. The molecule has 6 nitrogen and oxygen atoms in total. The van der Waals surface area contributed by atoms with E-state index < -0.39 is 34.2 Å². The summed E-state index contributed by atoms with van der Waals surface area (Å²) in [5, 5.41) is 24.8. The third kappa shape index (κ3) is 22.0. The summed E-state index contributed by atoms with van der Waals surface area (Å²) in [5.74, 6) is -2.27. The second-order valence-corrected chi connectivity index (χ2v) is 7.67. The van der Waals surface area contributed by atoms with Crippen molar-refractivity contribution in [2.24, 2.45) is 16.2 Å². The van der Waals surface area contributed by atoms with Crippen LogP contribution < -0.4 is 0 Å². The van der Waals surface area contributed by atoms with Crippen molar-refractivity contribution < 1.29 is 69.6 Å². The molecule has 0 atom stereocenters. The van der Waals surface area contributed by atoms with E-state index >= 15 is 0 Å². The van der Waals surface area contributed by atoms with Gasteiger partial charge in [-0.05, 0) is 62.3 Å². The van der Waals surface area contributed by atoms with Gasteiger partial charge >= 0.3 is 17.9 Å². The number of carbonyl (C=O) groups is 3. The number of carboxylic acids is 3. The van der Waals surface area contributed by atoms with Gasteiger partial charge in [0.2, 0.25) is 0 Å². The molecule has 0 aliphatic rings. The molecule has 7 heteroatoms. The van der Waals surface area contributed by atoms with Gasteiger partial charge in [0.05, 0.1) is 16.2 Å². The molecule has 0 fully saturated rings. The predicted octanol–water partition coefficient (Wildman–Crippen LogP) is 3.35. The van der Waals surface area contributed by atoms with Gasteiger partial charge < -0.3 is 15.3 Å². The van der Waals surface area contributed by atoms with Gasteiger partial charge in [-0.15, -0.1) is 0 Å². The molecule has 0 spiro atoms. The molecule has 0 aliphatic carbocycles. The molecule has 0 saturated carbocycles. The van der Waals surface area contributed by atoms with E-state index in [0.29, 0.717) is 0 Å². The summed E-state index contributed by atoms with van der Waals surface area (Å²) in [6, 6.07) is 0. The first-order chi connectivity index (χ1) is 8.83. The minimum atomic E-state index is -0.757. The second kappa shape index (κ2) is 11.3. The maximum Gasteiger partial charge on any atom is 0.308 e. The summed E-state index contributed by atoms with van der Waals surface area (Å²) in [4.78, 5) is 30.1. The third-order valence-electron chi connectivity index (χ3n) is 1.92. The number of hydrogen-bond donors (Lipinski definition) is 3. The van der Waals surface area contributed by atoms with Gasteiger partial charge in [-0.25, -0.2) is 0 Å². The van der Waals surface area contributed by atoms with Crippen LogP contribution in [0.5, 0.6) is 0 Å². The smallest absolute Gasteiger partial charge is 0.308 e. The maximum atomic E-state index is 10.0. The maximum absolute atomic E-state index is 10.0. The Labute approximate surface area is 165 Å². The molecule has 22 heavy (non-hydrogen) atoms. The van der Waals surface area contributed by atoms with Crippen LogP contribution in [0.4, 0.5) is 0 Å². The molecule has 3 N–H and O–H groups in total. The van der Waals surface area contributed by atoms with Crippen molar-refractivity contribution in [2.45, 2.75) is 62.3 Å². The van der Waals surface area contributed by atoms with E-state index in [1.165, 1.54) is 0 Å². The van der Waals surface area contributed by atoms with Crippen molar-refractivity contribution >= 4 is 17.9 Å². The number of carboxylic acid groups (broad SMARTS) is 3. The molecular formula is C15H30GdO6. The fourth-order valence-electron chi connectivity index (χ4n) is 0. The zero-order valence-electron chi connectivity index (χ0n) is 14.9. The van der Waals surface area contributed by atoms with Crippen molar-refractivity contribution in [1.82, 2.24) is 0 Å². The van der Waals surface area contributed by atoms with Crippen LogP contribution in [-0.4, -0.2) is 33.2 Å². The molecule has 0 amide bonds. The van der Waals surface area contributed by atoms with Gasteiger partial charge in [0.15, 0.2) is 0 Å². The minimum absolute atomic E-state index is 0. The molecule has 134 valence electrons. The second-order valence-electron chi connectivity index (χ2n) is 7.67. The van der Waals surface area contributed by atoms with E-state index in [4.69, 9.17) is 15.3 Å². The molecule has 0 unspecified atom stereocenters. The average molecular weight is 464 g/mol. The van der Waals surface area contributed by atoms with Crippen LogP contribution in [0.3, 0.4) is 0 Å². The summed E-state index contributed by atoms with van der Waals surface area (Å²) in [7, 11) is 0. The van der Waals surface area contributed by atoms with E-state index in [1.54, 1.807) is 62.3 Å². The first-order valence-electron chi connectivity index (χ1n) is 6.53. The van der Waals surface area contributed by atoms with E-state index in [2.05, 4.69) is 0 Å². The molecule has 0 aromatic carbocycles. The van der Waals surface area contributed by atoms with Crippen LogP contribution in [0.15, 0.2) is 0 Å². The van der Waals surface area contributed by atoms with Crippen LogP contribution in [-0.2, 0) is 14.4 Å². The van der Waals surface area contributed by atoms with Crippen LogP contribution in [0, 0.1) is 56.2 Å². The fourth-order valence-corrected chi connectivity index (χ4v) is 0. The van der Waals surface area contributed by atoms with Crippen molar-refractivity contribution in [1.29, 1.82) is 0 Å². The van der Waals surface area contributed by atoms with Crippen molar-refractivity contribution in [3.05, 3.63) is 0 Å². The van der Waals surface area contributed by atoms with Crippen molar-refractivity contribution in [2.75, 3.05) is 0 Å².